The summed E-state index contributed by atoms with van der Waals surface area (Å²) in [6, 6.07) is 0. The lowest BCUT2D eigenvalue weighted by Crippen LogP contribution is -2.39. The van der Waals surface area contributed by atoms with Crippen molar-refractivity contribution in [2.24, 2.45) is 0 Å². The Bertz CT molecular complexity index is 228. The Kier molecular flexibility index (Phi) is 6.75. The number of rotatable bonds is 7. The lowest BCUT2D eigenvalue weighted by atomic mass is 9.94. The predicted molar refractivity (Wildman–Crippen MR) is 68.0 cm³/mol. The van der Waals surface area contributed by atoms with Crippen molar-refractivity contribution < 1.29 is 14.6 Å². The first-order valence-corrected chi connectivity index (χ1v) is 7.02. The van der Waals surface area contributed by atoms with E-state index in [0.29, 0.717) is 12.8 Å². The number of hydrogen-bond acceptors (Lipinski definition) is 3. The van der Waals surface area contributed by atoms with Crippen molar-refractivity contribution in [3.8, 4) is 0 Å². The number of hydrogen-bond donors (Lipinski definition) is 1. The standard InChI is InChI=1S/C14H26O3/c1-3-5-6-7-14-13(16)9-8-12(17-14)10-11(15)4-2/h12-14,16H,3-10H2,1-2H3/t12-,13-,14-/m1/s1. The van der Waals surface area contributed by atoms with E-state index in [1.807, 2.05) is 6.92 Å². The van der Waals surface area contributed by atoms with Gasteiger partial charge in [-0.25, -0.2) is 0 Å². The fourth-order valence-corrected chi connectivity index (χ4v) is 2.35. The van der Waals surface area contributed by atoms with Crippen LogP contribution in [0, 0.1) is 0 Å². The van der Waals surface area contributed by atoms with Gasteiger partial charge in [0.25, 0.3) is 0 Å². The Morgan fingerprint density at radius 3 is 2.71 bits per heavy atom. The average molecular weight is 242 g/mol. The summed E-state index contributed by atoms with van der Waals surface area (Å²) in [6.07, 6.45) is 6.75. The fraction of sp³-hybridized carbons (Fsp3) is 0.929. The van der Waals surface area contributed by atoms with Gasteiger partial charge in [0.05, 0.1) is 18.3 Å². The molecule has 0 radical (unpaired) electrons. The van der Waals surface area contributed by atoms with Crippen LogP contribution in [0.2, 0.25) is 0 Å². The average Bonchev–Trinajstić information content (AvgIpc) is 2.33. The maximum absolute atomic E-state index is 11.4. The van der Waals surface area contributed by atoms with Crippen LogP contribution in [0.1, 0.15) is 65.2 Å². The molecule has 1 N–H and O–H groups in total. The van der Waals surface area contributed by atoms with Gasteiger partial charge in [-0.1, -0.05) is 33.1 Å². The molecule has 0 saturated carbocycles. The normalized spacial score (nSPS) is 29.2. The molecule has 0 aromatic heterocycles. The van der Waals surface area contributed by atoms with Crippen molar-refractivity contribution in [1.29, 1.82) is 0 Å². The van der Waals surface area contributed by atoms with Gasteiger partial charge in [0.1, 0.15) is 5.78 Å². The molecule has 100 valence electrons. The van der Waals surface area contributed by atoms with Crippen molar-refractivity contribution in [3.63, 3.8) is 0 Å². The van der Waals surface area contributed by atoms with E-state index >= 15 is 0 Å². The third-order valence-corrected chi connectivity index (χ3v) is 3.52. The van der Waals surface area contributed by atoms with Crippen LogP contribution in [0.15, 0.2) is 0 Å². The van der Waals surface area contributed by atoms with E-state index in [-0.39, 0.29) is 24.1 Å². The monoisotopic (exact) mass is 242 g/mol. The van der Waals surface area contributed by atoms with Crippen molar-refractivity contribution in [2.45, 2.75) is 83.5 Å². The molecule has 0 unspecified atom stereocenters. The molecule has 0 bridgehead atoms. The predicted octanol–water partition coefficient (Wildman–Crippen LogP) is 2.84. The second-order valence-corrected chi connectivity index (χ2v) is 5.03. The maximum atomic E-state index is 11.4. The van der Waals surface area contributed by atoms with Gasteiger partial charge in [0.2, 0.25) is 0 Å². The molecular formula is C14H26O3. The van der Waals surface area contributed by atoms with E-state index in [0.717, 1.165) is 25.7 Å². The lowest BCUT2D eigenvalue weighted by Gasteiger charge is -2.33. The van der Waals surface area contributed by atoms with Gasteiger partial charge in [-0.3, -0.25) is 4.79 Å². The van der Waals surface area contributed by atoms with Crippen LogP contribution in [0.4, 0.5) is 0 Å². The Balaban J connectivity index is 2.33. The van der Waals surface area contributed by atoms with E-state index < -0.39 is 0 Å². The Morgan fingerprint density at radius 2 is 2.06 bits per heavy atom. The van der Waals surface area contributed by atoms with Crippen LogP contribution in [0.25, 0.3) is 0 Å². The van der Waals surface area contributed by atoms with Crippen molar-refractivity contribution >= 4 is 5.78 Å². The fourth-order valence-electron chi connectivity index (χ4n) is 2.35. The highest BCUT2D eigenvalue weighted by atomic mass is 16.5. The van der Waals surface area contributed by atoms with E-state index in [9.17, 15) is 9.90 Å². The van der Waals surface area contributed by atoms with Crippen LogP contribution in [-0.2, 0) is 9.53 Å². The molecule has 1 aliphatic rings. The molecule has 0 spiro atoms. The molecule has 3 nitrogen and oxygen atoms in total. The molecule has 1 fully saturated rings. The first-order valence-electron chi connectivity index (χ1n) is 7.02. The van der Waals surface area contributed by atoms with Gasteiger partial charge < -0.3 is 9.84 Å². The van der Waals surface area contributed by atoms with Crippen LogP contribution in [0.3, 0.4) is 0 Å². The topological polar surface area (TPSA) is 46.5 Å². The first kappa shape index (κ1) is 14.7. The summed E-state index contributed by atoms with van der Waals surface area (Å²) in [5, 5.41) is 9.87. The zero-order chi connectivity index (χ0) is 12.7. The minimum Gasteiger partial charge on any atom is -0.390 e. The molecule has 0 aromatic carbocycles. The minimum atomic E-state index is -0.333. The first-order chi connectivity index (χ1) is 8.17. The largest absolute Gasteiger partial charge is 0.390 e. The van der Waals surface area contributed by atoms with Gasteiger partial charge in [-0.05, 0) is 19.3 Å². The second-order valence-electron chi connectivity index (χ2n) is 5.03. The molecular weight excluding hydrogens is 216 g/mol. The quantitative estimate of drug-likeness (QED) is 0.698. The maximum Gasteiger partial charge on any atom is 0.135 e. The molecule has 0 aliphatic carbocycles. The number of aliphatic hydroxyl groups is 1. The highest BCUT2D eigenvalue weighted by molar-refractivity contribution is 5.78. The molecule has 3 atom stereocenters. The van der Waals surface area contributed by atoms with Gasteiger partial charge >= 0.3 is 0 Å². The van der Waals surface area contributed by atoms with Gasteiger partial charge in [-0.15, -0.1) is 0 Å². The van der Waals surface area contributed by atoms with Crippen molar-refractivity contribution in [1.82, 2.24) is 0 Å². The molecule has 1 rings (SSSR count). The van der Waals surface area contributed by atoms with Crippen LogP contribution in [0.5, 0.6) is 0 Å². The molecule has 0 aromatic rings. The zero-order valence-electron chi connectivity index (χ0n) is 11.2. The number of carbonyl (C=O) groups is 1. The van der Waals surface area contributed by atoms with Gasteiger partial charge in [-0.2, -0.15) is 0 Å². The summed E-state index contributed by atoms with van der Waals surface area (Å²) in [7, 11) is 0. The van der Waals surface area contributed by atoms with E-state index in [4.69, 9.17) is 4.74 Å². The highest BCUT2D eigenvalue weighted by Crippen LogP contribution is 2.25. The zero-order valence-corrected chi connectivity index (χ0v) is 11.2. The van der Waals surface area contributed by atoms with Crippen LogP contribution in [-0.4, -0.2) is 29.2 Å². The summed E-state index contributed by atoms with van der Waals surface area (Å²) in [4.78, 5) is 11.4. The number of ketones is 1. The van der Waals surface area contributed by atoms with Gasteiger partial charge in [0, 0.05) is 12.8 Å². The van der Waals surface area contributed by atoms with E-state index in [1.165, 1.54) is 12.8 Å². The smallest absolute Gasteiger partial charge is 0.135 e. The highest BCUT2D eigenvalue weighted by Gasteiger charge is 2.30. The summed E-state index contributed by atoms with van der Waals surface area (Å²) >= 11 is 0. The second kappa shape index (κ2) is 7.83. The van der Waals surface area contributed by atoms with Gasteiger partial charge in [0.15, 0.2) is 0 Å². The number of carbonyl (C=O) groups excluding carboxylic acids is 1. The summed E-state index contributed by atoms with van der Waals surface area (Å²) in [5.74, 6) is 0.263. The molecule has 17 heavy (non-hydrogen) atoms. The SMILES string of the molecule is CCCCC[C@H]1O[C@@H](CC(=O)CC)CC[C@H]1O. The number of unbranched alkanes of at least 4 members (excludes halogenated alkanes) is 2. The third-order valence-electron chi connectivity index (χ3n) is 3.52. The third kappa shape index (κ3) is 5.17. The van der Waals surface area contributed by atoms with Crippen LogP contribution >= 0.6 is 0 Å². The number of aliphatic hydroxyl groups excluding tert-OH is 1. The molecule has 3 heteroatoms. The number of ether oxygens (including phenoxy) is 1. The lowest BCUT2D eigenvalue weighted by molar-refractivity contribution is -0.137. The van der Waals surface area contributed by atoms with Crippen molar-refractivity contribution in [2.75, 3.05) is 0 Å². The van der Waals surface area contributed by atoms with E-state index in [2.05, 4.69) is 6.92 Å². The van der Waals surface area contributed by atoms with Crippen LogP contribution < -0.4 is 0 Å². The Hall–Kier alpha value is -0.410. The molecule has 1 saturated heterocycles. The molecule has 1 aliphatic heterocycles. The molecule has 1 heterocycles. The summed E-state index contributed by atoms with van der Waals surface area (Å²) in [5.41, 5.74) is 0. The number of Topliss-reactive ketones (excluding diaryl/α,β-unsaturated/α-hetero) is 1. The summed E-state index contributed by atoms with van der Waals surface area (Å²) < 4.78 is 5.85. The molecule has 0 amide bonds. The Morgan fingerprint density at radius 1 is 1.29 bits per heavy atom. The summed E-state index contributed by atoms with van der Waals surface area (Å²) in [6.45, 7) is 4.06. The Labute approximate surface area is 105 Å². The minimum absolute atomic E-state index is 0.0393. The van der Waals surface area contributed by atoms with E-state index in [1.54, 1.807) is 0 Å². The van der Waals surface area contributed by atoms with Crippen molar-refractivity contribution in [3.05, 3.63) is 0 Å².